The van der Waals surface area contributed by atoms with Gasteiger partial charge in [0.15, 0.2) is 18.1 Å². The lowest BCUT2D eigenvalue weighted by Crippen LogP contribution is -2.31. The number of para-hydroxylation sites is 2. The van der Waals surface area contributed by atoms with Crippen LogP contribution in [0.25, 0.3) is 0 Å². The summed E-state index contributed by atoms with van der Waals surface area (Å²) in [5.41, 5.74) is 1.08. The number of rotatable bonds is 10. The quantitative estimate of drug-likeness (QED) is 0.636. The molecular weight excluding hydrogens is 340 g/mol. The van der Waals surface area contributed by atoms with Gasteiger partial charge in [-0.25, -0.2) is 0 Å². The monoisotopic (exact) mass is 364 g/mol. The summed E-state index contributed by atoms with van der Waals surface area (Å²) in [6, 6.07) is 17.3. The molecular formula is C19H25ClN2O3. The lowest BCUT2D eigenvalue weighted by molar-refractivity contribution is -0.123. The van der Waals surface area contributed by atoms with Crippen molar-refractivity contribution in [1.82, 2.24) is 10.6 Å². The zero-order chi connectivity index (χ0) is 17.0. The summed E-state index contributed by atoms with van der Waals surface area (Å²) < 4.78 is 11.4. The Morgan fingerprint density at radius 3 is 2.24 bits per heavy atom. The van der Waals surface area contributed by atoms with Crippen LogP contribution in [0.15, 0.2) is 54.6 Å². The number of hydrogen-bond acceptors (Lipinski definition) is 4. The first-order chi connectivity index (χ1) is 11.8. The topological polar surface area (TPSA) is 59.6 Å². The van der Waals surface area contributed by atoms with E-state index in [1.54, 1.807) is 6.07 Å². The summed E-state index contributed by atoms with van der Waals surface area (Å²) in [5, 5.41) is 5.86. The van der Waals surface area contributed by atoms with Crippen molar-refractivity contribution in [3.8, 4) is 11.5 Å². The molecule has 136 valence electrons. The molecule has 5 nitrogen and oxygen atoms in total. The van der Waals surface area contributed by atoms with E-state index in [0.717, 1.165) is 18.5 Å². The van der Waals surface area contributed by atoms with Gasteiger partial charge in [-0.15, -0.1) is 12.4 Å². The standard InChI is InChI=1S/C19H24N2O3.ClH/c1-20-12-7-13-21-19(22)15-24-18-11-6-5-10-17(18)23-14-16-8-3-2-4-9-16;/h2-6,8-11,20H,7,12-15H2,1H3,(H,21,22);1H. The maximum atomic E-state index is 11.8. The van der Waals surface area contributed by atoms with Gasteiger partial charge in [-0.2, -0.15) is 0 Å². The van der Waals surface area contributed by atoms with Gasteiger partial charge in [-0.1, -0.05) is 42.5 Å². The highest BCUT2D eigenvalue weighted by atomic mass is 35.5. The number of halogens is 1. The maximum Gasteiger partial charge on any atom is 0.257 e. The number of nitrogens with one attached hydrogen (secondary N) is 2. The Labute approximate surface area is 155 Å². The van der Waals surface area contributed by atoms with Gasteiger partial charge in [-0.05, 0) is 37.7 Å². The zero-order valence-corrected chi connectivity index (χ0v) is 15.2. The molecule has 0 aliphatic heterocycles. The van der Waals surface area contributed by atoms with E-state index in [2.05, 4.69) is 10.6 Å². The summed E-state index contributed by atoms with van der Waals surface area (Å²) in [5.74, 6) is 1.06. The van der Waals surface area contributed by atoms with Gasteiger partial charge in [0.05, 0.1) is 0 Å². The number of amides is 1. The van der Waals surface area contributed by atoms with E-state index in [1.165, 1.54) is 0 Å². The van der Waals surface area contributed by atoms with Crippen molar-refractivity contribution in [2.24, 2.45) is 0 Å². The first-order valence-electron chi connectivity index (χ1n) is 8.09. The average Bonchev–Trinajstić information content (AvgIpc) is 2.63. The molecule has 0 aliphatic rings. The molecule has 2 N–H and O–H groups in total. The van der Waals surface area contributed by atoms with E-state index in [9.17, 15) is 4.79 Å². The van der Waals surface area contributed by atoms with Crippen LogP contribution in [-0.4, -0.2) is 32.7 Å². The average molecular weight is 365 g/mol. The third-order valence-electron chi connectivity index (χ3n) is 3.37. The third kappa shape index (κ3) is 7.92. The molecule has 0 spiro atoms. The first kappa shape index (κ1) is 20.8. The second-order valence-corrected chi connectivity index (χ2v) is 5.32. The second-order valence-electron chi connectivity index (χ2n) is 5.32. The highest BCUT2D eigenvalue weighted by molar-refractivity contribution is 5.85. The lowest BCUT2D eigenvalue weighted by Gasteiger charge is -2.12. The van der Waals surface area contributed by atoms with Gasteiger partial charge in [0.1, 0.15) is 6.61 Å². The number of hydrogen-bond donors (Lipinski definition) is 2. The van der Waals surface area contributed by atoms with Crippen LogP contribution in [-0.2, 0) is 11.4 Å². The van der Waals surface area contributed by atoms with E-state index in [4.69, 9.17) is 9.47 Å². The fraction of sp³-hybridized carbons (Fsp3) is 0.316. The Morgan fingerprint density at radius 1 is 0.920 bits per heavy atom. The summed E-state index contributed by atoms with van der Waals surface area (Å²) in [6.07, 6.45) is 0.888. The Balaban J connectivity index is 0.00000312. The van der Waals surface area contributed by atoms with Crippen LogP contribution in [0.1, 0.15) is 12.0 Å². The molecule has 6 heteroatoms. The number of ether oxygens (including phenoxy) is 2. The van der Waals surface area contributed by atoms with Crippen molar-refractivity contribution in [3.05, 3.63) is 60.2 Å². The fourth-order valence-electron chi connectivity index (χ4n) is 2.11. The van der Waals surface area contributed by atoms with Gasteiger partial charge >= 0.3 is 0 Å². The molecule has 0 saturated carbocycles. The zero-order valence-electron chi connectivity index (χ0n) is 14.4. The minimum absolute atomic E-state index is 0. The second kappa shape index (κ2) is 12.2. The predicted molar refractivity (Wildman–Crippen MR) is 102 cm³/mol. The smallest absolute Gasteiger partial charge is 0.257 e. The number of benzene rings is 2. The summed E-state index contributed by atoms with van der Waals surface area (Å²) in [6.45, 7) is 1.94. The summed E-state index contributed by atoms with van der Waals surface area (Å²) >= 11 is 0. The van der Waals surface area contributed by atoms with Crippen molar-refractivity contribution >= 4 is 18.3 Å². The van der Waals surface area contributed by atoms with Crippen LogP contribution in [0.3, 0.4) is 0 Å². The number of carbonyl (C=O) groups excluding carboxylic acids is 1. The Bertz CT molecular complexity index is 623. The van der Waals surface area contributed by atoms with Crippen LogP contribution < -0.4 is 20.1 Å². The molecule has 25 heavy (non-hydrogen) atoms. The Morgan fingerprint density at radius 2 is 1.56 bits per heavy atom. The first-order valence-corrected chi connectivity index (χ1v) is 8.09. The van der Waals surface area contributed by atoms with Gasteiger partial charge in [0.2, 0.25) is 0 Å². The largest absolute Gasteiger partial charge is 0.485 e. The van der Waals surface area contributed by atoms with Crippen molar-refractivity contribution < 1.29 is 14.3 Å². The molecule has 0 aliphatic carbocycles. The molecule has 0 fully saturated rings. The minimum Gasteiger partial charge on any atom is -0.485 e. The molecule has 0 heterocycles. The van der Waals surface area contributed by atoms with E-state index in [-0.39, 0.29) is 24.9 Å². The Hall–Kier alpha value is -2.24. The van der Waals surface area contributed by atoms with Crippen LogP contribution >= 0.6 is 12.4 Å². The summed E-state index contributed by atoms with van der Waals surface area (Å²) in [4.78, 5) is 11.8. The Kier molecular flexibility index (Phi) is 10.1. The van der Waals surface area contributed by atoms with E-state index in [1.807, 2.05) is 55.6 Å². The molecule has 2 aromatic carbocycles. The van der Waals surface area contributed by atoms with E-state index >= 15 is 0 Å². The molecule has 1 amide bonds. The van der Waals surface area contributed by atoms with Gasteiger partial charge in [-0.3, -0.25) is 4.79 Å². The summed E-state index contributed by atoms with van der Waals surface area (Å²) in [7, 11) is 1.89. The van der Waals surface area contributed by atoms with Crippen LogP contribution in [0.4, 0.5) is 0 Å². The molecule has 0 unspecified atom stereocenters. The minimum atomic E-state index is -0.135. The maximum absolute atomic E-state index is 11.8. The predicted octanol–water partition coefficient (Wildman–Crippen LogP) is 2.79. The lowest BCUT2D eigenvalue weighted by atomic mass is 10.2. The van der Waals surface area contributed by atoms with Gasteiger partial charge in [0.25, 0.3) is 5.91 Å². The molecule has 0 bridgehead atoms. The third-order valence-corrected chi connectivity index (χ3v) is 3.37. The van der Waals surface area contributed by atoms with Crippen molar-refractivity contribution in [2.45, 2.75) is 13.0 Å². The molecule has 0 saturated heterocycles. The normalized spacial score (nSPS) is 9.80. The molecule has 2 rings (SSSR count). The highest BCUT2D eigenvalue weighted by Gasteiger charge is 2.07. The van der Waals surface area contributed by atoms with Gasteiger partial charge in [0, 0.05) is 6.54 Å². The van der Waals surface area contributed by atoms with Crippen LogP contribution in [0.2, 0.25) is 0 Å². The van der Waals surface area contributed by atoms with Crippen molar-refractivity contribution in [3.63, 3.8) is 0 Å². The molecule has 0 aromatic heterocycles. The van der Waals surface area contributed by atoms with Crippen molar-refractivity contribution in [2.75, 3.05) is 26.7 Å². The number of carbonyl (C=O) groups is 1. The fourth-order valence-corrected chi connectivity index (χ4v) is 2.11. The molecule has 0 radical (unpaired) electrons. The van der Waals surface area contributed by atoms with Crippen LogP contribution in [0, 0.1) is 0 Å². The molecule has 0 atom stereocenters. The van der Waals surface area contributed by atoms with Crippen LogP contribution in [0.5, 0.6) is 11.5 Å². The SMILES string of the molecule is CNCCCNC(=O)COc1ccccc1OCc1ccccc1.Cl. The van der Waals surface area contributed by atoms with Crippen molar-refractivity contribution in [1.29, 1.82) is 0 Å². The van der Waals surface area contributed by atoms with E-state index < -0.39 is 0 Å². The van der Waals surface area contributed by atoms with Gasteiger partial charge < -0.3 is 20.1 Å². The highest BCUT2D eigenvalue weighted by Crippen LogP contribution is 2.27. The molecule has 2 aromatic rings. The van der Waals surface area contributed by atoms with E-state index in [0.29, 0.717) is 24.7 Å².